The lowest BCUT2D eigenvalue weighted by atomic mass is 10.0. The largest absolute Gasteiger partial charge is 0.357 e. The Labute approximate surface area is 182 Å². The van der Waals surface area contributed by atoms with Crippen LogP contribution in [0.2, 0.25) is 0 Å². The highest BCUT2D eigenvalue weighted by atomic mass is 32.2. The Balaban J connectivity index is 1.91. The minimum absolute atomic E-state index is 0.359. The van der Waals surface area contributed by atoms with Crippen molar-refractivity contribution in [1.29, 1.82) is 0 Å². The molecule has 2 N–H and O–H groups in total. The highest BCUT2D eigenvalue weighted by Gasteiger charge is 2.24. The molecule has 1 heterocycles. The summed E-state index contributed by atoms with van der Waals surface area (Å²) in [5, 5.41) is 6.75. The zero-order valence-corrected chi connectivity index (χ0v) is 20.0. The summed E-state index contributed by atoms with van der Waals surface area (Å²) in [6.07, 6.45) is 2.04. The number of benzene rings is 1. The van der Waals surface area contributed by atoms with Crippen molar-refractivity contribution in [3.8, 4) is 0 Å². The maximum Gasteiger partial charge on any atom is 0.191 e. The molecule has 0 aromatic heterocycles. The van der Waals surface area contributed by atoms with Gasteiger partial charge in [0.25, 0.3) is 0 Å². The number of piperazine rings is 1. The molecule has 1 aliphatic heterocycles. The van der Waals surface area contributed by atoms with Crippen LogP contribution in [0.4, 0.5) is 0 Å². The number of rotatable bonds is 9. The number of nitrogens with one attached hydrogen (secondary N) is 2. The summed E-state index contributed by atoms with van der Waals surface area (Å²) in [6, 6.07) is 7.55. The molecule has 1 fully saturated rings. The van der Waals surface area contributed by atoms with Crippen molar-refractivity contribution in [3.63, 3.8) is 0 Å². The summed E-state index contributed by atoms with van der Waals surface area (Å²) < 4.78 is 23.2. The third-order valence-corrected chi connectivity index (χ3v) is 6.74. The number of hydrogen-bond donors (Lipinski definition) is 2. The molecule has 0 radical (unpaired) electrons. The zero-order valence-electron chi connectivity index (χ0n) is 19.2. The molecule has 7 nitrogen and oxygen atoms in total. The summed E-state index contributed by atoms with van der Waals surface area (Å²) in [7, 11) is -0.965. The van der Waals surface area contributed by atoms with Gasteiger partial charge in [0.1, 0.15) is 0 Å². The number of likely N-dealkylation sites (N-methyl/N-ethyl adjacent to an activating group) is 1. The predicted molar refractivity (Wildman–Crippen MR) is 125 cm³/mol. The van der Waals surface area contributed by atoms with Gasteiger partial charge >= 0.3 is 0 Å². The first kappa shape index (κ1) is 24.6. The smallest absolute Gasteiger partial charge is 0.191 e. The van der Waals surface area contributed by atoms with Crippen molar-refractivity contribution in [2.24, 2.45) is 10.9 Å². The van der Waals surface area contributed by atoms with Crippen LogP contribution in [0.1, 0.15) is 26.3 Å². The minimum Gasteiger partial charge on any atom is -0.357 e. The molecule has 1 atom stereocenters. The van der Waals surface area contributed by atoms with Gasteiger partial charge in [-0.25, -0.2) is 8.42 Å². The Morgan fingerprint density at radius 1 is 1.10 bits per heavy atom. The fraction of sp³-hybridized carbons (Fsp3) is 0.682. The Bertz CT molecular complexity index is 769. The number of hydrogen-bond acceptors (Lipinski definition) is 5. The molecule has 1 saturated heterocycles. The van der Waals surface area contributed by atoms with E-state index in [1.807, 2.05) is 12.1 Å². The maximum atomic E-state index is 11.6. The van der Waals surface area contributed by atoms with Crippen LogP contribution in [0.3, 0.4) is 0 Å². The van der Waals surface area contributed by atoms with Crippen LogP contribution in [0.5, 0.6) is 0 Å². The number of guanidine groups is 1. The van der Waals surface area contributed by atoms with Gasteiger partial charge in [-0.15, -0.1) is 0 Å². The average Bonchev–Trinajstić information content (AvgIpc) is 2.69. The van der Waals surface area contributed by atoms with E-state index < -0.39 is 9.84 Å². The minimum atomic E-state index is -3.15. The molecule has 1 aliphatic rings. The van der Waals surface area contributed by atoms with Gasteiger partial charge in [0.05, 0.1) is 11.4 Å². The van der Waals surface area contributed by atoms with Crippen LogP contribution in [0.25, 0.3) is 0 Å². The lowest BCUT2D eigenvalue weighted by Crippen LogP contribution is -2.52. The summed E-state index contributed by atoms with van der Waals surface area (Å²) >= 11 is 0. The Hall–Kier alpha value is -1.64. The topological polar surface area (TPSA) is 77.0 Å². The first-order valence-electron chi connectivity index (χ1n) is 10.9. The average molecular weight is 438 g/mol. The molecule has 0 bridgehead atoms. The Morgan fingerprint density at radius 2 is 1.73 bits per heavy atom. The second-order valence-electron chi connectivity index (χ2n) is 8.46. The maximum absolute atomic E-state index is 11.6. The van der Waals surface area contributed by atoms with Crippen molar-refractivity contribution < 1.29 is 8.42 Å². The molecule has 2 rings (SSSR count). The first-order chi connectivity index (χ1) is 14.2. The van der Waals surface area contributed by atoms with E-state index in [0.717, 1.165) is 63.8 Å². The standard InChI is InChI=1S/C22H39N5O2S/c1-6-23-22(24-12-11-19-7-9-20(10-8-19)30(5,28)29)25-17-21(18(2)3)27-15-13-26(4)14-16-27/h7-10,18,21H,6,11-17H2,1-5H3,(H2,23,24,25). The first-order valence-corrected chi connectivity index (χ1v) is 12.8. The van der Waals surface area contributed by atoms with Gasteiger partial charge in [-0.05, 0) is 44.0 Å². The van der Waals surface area contributed by atoms with Crippen molar-refractivity contribution in [2.45, 2.75) is 38.1 Å². The van der Waals surface area contributed by atoms with Crippen LogP contribution in [-0.4, -0.2) is 89.3 Å². The van der Waals surface area contributed by atoms with Gasteiger partial charge in [0.15, 0.2) is 15.8 Å². The SMILES string of the molecule is CCNC(=NCC(C(C)C)N1CCN(C)CC1)NCCc1ccc(S(C)(=O)=O)cc1. The molecule has 0 aliphatic carbocycles. The van der Waals surface area contributed by atoms with Crippen LogP contribution in [-0.2, 0) is 16.3 Å². The molecule has 0 spiro atoms. The molecule has 170 valence electrons. The summed E-state index contributed by atoms with van der Waals surface area (Å²) in [5.41, 5.74) is 1.10. The normalized spacial score (nSPS) is 17.9. The Kier molecular flexibility index (Phi) is 9.58. The fourth-order valence-electron chi connectivity index (χ4n) is 3.66. The Morgan fingerprint density at radius 3 is 2.27 bits per heavy atom. The third kappa shape index (κ3) is 7.89. The summed E-state index contributed by atoms with van der Waals surface area (Å²) in [4.78, 5) is 10.2. The van der Waals surface area contributed by atoms with Gasteiger partial charge in [-0.2, -0.15) is 0 Å². The van der Waals surface area contributed by atoms with Crippen LogP contribution in [0, 0.1) is 5.92 Å². The number of aliphatic imine (C=N–C) groups is 1. The van der Waals surface area contributed by atoms with E-state index in [-0.39, 0.29) is 0 Å². The van der Waals surface area contributed by atoms with E-state index in [0.29, 0.717) is 16.9 Å². The van der Waals surface area contributed by atoms with E-state index in [9.17, 15) is 8.42 Å². The molecule has 1 aromatic rings. The van der Waals surface area contributed by atoms with Gasteiger partial charge in [0.2, 0.25) is 0 Å². The second-order valence-corrected chi connectivity index (χ2v) is 10.5. The number of sulfone groups is 1. The predicted octanol–water partition coefficient (Wildman–Crippen LogP) is 1.46. The van der Waals surface area contributed by atoms with Gasteiger partial charge < -0.3 is 15.5 Å². The second kappa shape index (κ2) is 11.7. The zero-order chi connectivity index (χ0) is 22.1. The van der Waals surface area contributed by atoms with E-state index in [2.05, 4.69) is 48.3 Å². The van der Waals surface area contributed by atoms with Crippen molar-refractivity contribution in [1.82, 2.24) is 20.4 Å². The molecule has 30 heavy (non-hydrogen) atoms. The monoisotopic (exact) mass is 437 g/mol. The molecule has 1 aromatic carbocycles. The quantitative estimate of drug-likeness (QED) is 0.450. The van der Waals surface area contributed by atoms with Crippen molar-refractivity contribution >= 4 is 15.8 Å². The van der Waals surface area contributed by atoms with E-state index in [1.165, 1.54) is 6.26 Å². The van der Waals surface area contributed by atoms with Crippen LogP contribution < -0.4 is 10.6 Å². The van der Waals surface area contributed by atoms with Crippen molar-refractivity contribution in [3.05, 3.63) is 29.8 Å². The molecule has 0 saturated carbocycles. The summed E-state index contributed by atoms with van der Waals surface area (Å²) in [6.45, 7) is 13.4. The fourth-order valence-corrected chi connectivity index (χ4v) is 4.29. The lowest BCUT2D eigenvalue weighted by molar-refractivity contribution is 0.0925. The molecular weight excluding hydrogens is 398 g/mol. The summed E-state index contributed by atoms with van der Waals surface area (Å²) in [5.74, 6) is 1.39. The third-order valence-electron chi connectivity index (χ3n) is 5.61. The van der Waals surface area contributed by atoms with Gasteiger partial charge in [-0.1, -0.05) is 26.0 Å². The van der Waals surface area contributed by atoms with Crippen LogP contribution in [0.15, 0.2) is 34.2 Å². The van der Waals surface area contributed by atoms with Gasteiger partial charge in [-0.3, -0.25) is 9.89 Å². The van der Waals surface area contributed by atoms with Crippen molar-refractivity contribution in [2.75, 3.05) is 59.1 Å². The highest BCUT2D eigenvalue weighted by Crippen LogP contribution is 2.14. The molecule has 8 heteroatoms. The van der Waals surface area contributed by atoms with E-state index >= 15 is 0 Å². The molecular formula is C22H39N5O2S. The van der Waals surface area contributed by atoms with E-state index in [1.54, 1.807) is 12.1 Å². The van der Waals surface area contributed by atoms with Crippen LogP contribution >= 0.6 is 0 Å². The highest BCUT2D eigenvalue weighted by molar-refractivity contribution is 7.90. The lowest BCUT2D eigenvalue weighted by Gasteiger charge is -2.39. The number of nitrogens with zero attached hydrogens (tertiary/aromatic N) is 3. The van der Waals surface area contributed by atoms with Gasteiger partial charge in [0, 0.05) is 51.6 Å². The van der Waals surface area contributed by atoms with E-state index in [4.69, 9.17) is 4.99 Å². The molecule has 0 amide bonds. The molecule has 1 unspecified atom stereocenters.